The number of nitrogens with one attached hydrogen (secondary N) is 2. The molecule has 0 aromatic heterocycles. The Morgan fingerprint density at radius 3 is 2.28 bits per heavy atom. The molecule has 2 N–H and O–H groups in total. The van der Waals surface area contributed by atoms with E-state index in [1.54, 1.807) is 12.1 Å². The van der Waals surface area contributed by atoms with E-state index in [1.165, 1.54) is 74.9 Å². The molecule has 0 radical (unpaired) electrons. The second-order valence-corrected chi connectivity index (χ2v) is 8.09. The van der Waals surface area contributed by atoms with Crippen molar-refractivity contribution in [2.75, 3.05) is 19.5 Å². The number of methoxy groups -OCH3 is 2. The molecule has 0 heterocycles. The minimum absolute atomic E-state index is 0.163. The second-order valence-electron chi connectivity index (χ2n) is 7.24. The average molecular weight is 554 g/mol. The topological polar surface area (TPSA) is 137 Å². The molecule has 3 aromatic carbocycles. The Balaban J connectivity index is 1.92. The number of nitro groups is 1. The summed E-state index contributed by atoms with van der Waals surface area (Å²) in [7, 11) is 2.74. The van der Waals surface area contributed by atoms with Crippen LogP contribution in [0.5, 0.6) is 5.75 Å². The largest absolute Gasteiger partial charge is 0.496 e. The summed E-state index contributed by atoms with van der Waals surface area (Å²) in [5.74, 6) is -1.29. The van der Waals surface area contributed by atoms with Gasteiger partial charge in [0.1, 0.15) is 11.4 Å². The molecular weight excluding hydrogens is 534 g/mol. The number of benzene rings is 3. The number of nitrogens with zero attached hydrogens (tertiary/aromatic N) is 1. The van der Waals surface area contributed by atoms with E-state index >= 15 is 0 Å². The molecule has 2 amide bonds. The number of hydrogen-bond acceptors (Lipinski definition) is 7. The van der Waals surface area contributed by atoms with E-state index in [1.807, 2.05) is 0 Å². The first-order valence-electron chi connectivity index (χ1n) is 10.3. The monoisotopic (exact) mass is 553 g/mol. The van der Waals surface area contributed by atoms with Crippen LogP contribution in [0.2, 0.25) is 0 Å². The zero-order chi connectivity index (χ0) is 26.2. The molecule has 0 spiro atoms. The summed E-state index contributed by atoms with van der Waals surface area (Å²) in [6.07, 6.45) is 1.32. The smallest absolute Gasteiger partial charge is 0.337 e. The number of amides is 2. The van der Waals surface area contributed by atoms with Crippen LogP contribution in [0.15, 0.2) is 76.9 Å². The van der Waals surface area contributed by atoms with Crippen molar-refractivity contribution in [3.05, 3.63) is 104 Å². The molecule has 0 saturated carbocycles. The fourth-order valence-corrected chi connectivity index (χ4v) is 3.60. The Morgan fingerprint density at radius 1 is 0.972 bits per heavy atom. The Labute approximate surface area is 214 Å². The number of nitro benzene ring substituents is 1. The molecule has 0 aliphatic carbocycles. The molecule has 0 aliphatic rings. The van der Waals surface area contributed by atoms with Crippen molar-refractivity contribution in [2.24, 2.45) is 0 Å². The summed E-state index contributed by atoms with van der Waals surface area (Å²) in [5.41, 5.74) is 0.867. The molecule has 3 rings (SSSR count). The Bertz CT molecular complexity index is 1350. The number of esters is 1. The van der Waals surface area contributed by atoms with Gasteiger partial charge < -0.3 is 20.1 Å². The number of halogens is 1. The van der Waals surface area contributed by atoms with Gasteiger partial charge in [-0.05, 0) is 70.0 Å². The molecule has 184 valence electrons. The Morgan fingerprint density at radius 2 is 1.67 bits per heavy atom. The average Bonchev–Trinajstić information content (AvgIpc) is 2.88. The number of anilines is 1. The predicted octanol–water partition coefficient (Wildman–Crippen LogP) is 4.56. The third-order valence-electron chi connectivity index (χ3n) is 4.86. The minimum Gasteiger partial charge on any atom is -0.496 e. The highest BCUT2D eigenvalue weighted by molar-refractivity contribution is 9.10. The van der Waals surface area contributed by atoms with E-state index in [9.17, 15) is 24.5 Å². The van der Waals surface area contributed by atoms with Crippen molar-refractivity contribution in [3.63, 3.8) is 0 Å². The first kappa shape index (κ1) is 26.1. The van der Waals surface area contributed by atoms with Crippen molar-refractivity contribution < 1.29 is 28.8 Å². The lowest BCUT2D eigenvalue weighted by atomic mass is 10.1. The molecule has 0 fully saturated rings. The van der Waals surface area contributed by atoms with Gasteiger partial charge in [0.05, 0.1) is 29.2 Å². The molecule has 36 heavy (non-hydrogen) atoms. The third kappa shape index (κ3) is 6.54. The predicted molar refractivity (Wildman–Crippen MR) is 136 cm³/mol. The van der Waals surface area contributed by atoms with Gasteiger partial charge in [0.2, 0.25) is 0 Å². The zero-order valence-electron chi connectivity index (χ0n) is 19.1. The number of carbonyl (C=O) groups excluding carboxylic acids is 3. The van der Waals surface area contributed by atoms with Gasteiger partial charge >= 0.3 is 5.97 Å². The number of non-ortho nitro benzene ring substituents is 1. The highest BCUT2D eigenvalue weighted by atomic mass is 79.9. The first-order valence-corrected chi connectivity index (χ1v) is 11.1. The number of ether oxygens (including phenoxy) is 2. The highest BCUT2D eigenvalue weighted by Crippen LogP contribution is 2.25. The van der Waals surface area contributed by atoms with Crippen LogP contribution < -0.4 is 15.4 Å². The standard InChI is InChI=1S/C25H20BrN3O7/c1-35-22-11-8-17(14-20(22)26)23(30)28-21(13-15-4-3-5-19(12-15)29(33)34)24(31)27-18-9-6-16(7-10-18)25(32)36-2/h3-14H,1-2H3,(H,27,31)(H,28,30). The van der Waals surface area contributed by atoms with Crippen LogP contribution in [-0.4, -0.2) is 36.9 Å². The lowest BCUT2D eigenvalue weighted by Gasteiger charge is -2.12. The van der Waals surface area contributed by atoms with Crippen molar-refractivity contribution in [1.82, 2.24) is 5.32 Å². The van der Waals surface area contributed by atoms with E-state index in [2.05, 4.69) is 31.3 Å². The van der Waals surface area contributed by atoms with E-state index in [4.69, 9.17) is 4.74 Å². The van der Waals surface area contributed by atoms with E-state index < -0.39 is 22.7 Å². The lowest BCUT2D eigenvalue weighted by molar-refractivity contribution is -0.384. The van der Waals surface area contributed by atoms with E-state index in [0.29, 0.717) is 27.0 Å². The van der Waals surface area contributed by atoms with Crippen molar-refractivity contribution in [2.45, 2.75) is 0 Å². The zero-order valence-corrected chi connectivity index (χ0v) is 20.7. The lowest BCUT2D eigenvalue weighted by Crippen LogP contribution is -2.30. The number of rotatable bonds is 8. The molecule has 0 bridgehead atoms. The highest BCUT2D eigenvalue weighted by Gasteiger charge is 2.17. The van der Waals surface area contributed by atoms with Crippen molar-refractivity contribution in [3.8, 4) is 5.75 Å². The quantitative estimate of drug-likeness (QED) is 0.180. The summed E-state index contributed by atoms with van der Waals surface area (Å²) < 4.78 is 10.4. The molecule has 0 aliphatic heterocycles. The number of carbonyl (C=O) groups is 3. The van der Waals surface area contributed by atoms with Crippen LogP contribution in [0.4, 0.5) is 11.4 Å². The molecule has 3 aromatic rings. The maximum Gasteiger partial charge on any atom is 0.337 e. The Kier molecular flexibility index (Phi) is 8.52. The van der Waals surface area contributed by atoms with Gasteiger partial charge in [-0.3, -0.25) is 19.7 Å². The van der Waals surface area contributed by atoms with Gasteiger partial charge in [-0.25, -0.2) is 4.79 Å². The fourth-order valence-electron chi connectivity index (χ4n) is 3.06. The molecule has 11 heteroatoms. The van der Waals surface area contributed by atoms with Crippen LogP contribution in [0, 0.1) is 10.1 Å². The summed E-state index contributed by atoms with van der Waals surface area (Å²) in [6.45, 7) is 0. The molecule has 0 saturated heterocycles. The second kappa shape index (κ2) is 11.8. The van der Waals surface area contributed by atoms with Crippen molar-refractivity contribution >= 4 is 51.2 Å². The first-order chi connectivity index (χ1) is 17.2. The normalized spacial score (nSPS) is 10.8. The molecular formula is C25H20BrN3O7. The van der Waals surface area contributed by atoms with Crippen LogP contribution >= 0.6 is 15.9 Å². The molecule has 0 unspecified atom stereocenters. The van der Waals surface area contributed by atoms with Gasteiger partial charge in [-0.1, -0.05) is 12.1 Å². The summed E-state index contributed by atoms with van der Waals surface area (Å²) in [4.78, 5) is 48.2. The number of hydrogen-bond donors (Lipinski definition) is 2. The summed E-state index contributed by atoms with van der Waals surface area (Å²) in [6, 6.07) is 16.2. The van der Waals surface area contributed by atoms with E-state index in [0.717, 1.165) is 0 Å². The van der Waals surface area contributed by atoms with Crippen LogP contribution in [0.25, 0.3) is 6.08 Å². The van der Waals surface area contributed by atoms with Gasteiger partial charge in [-0.15, -0.1) is 0 Å². The Hall–Kier alpha value is -4.51. The minimum atomic E-state index is -0.687. The summed E-state index contributed by atoms with van der Waals surface area (Å²) >= 11 is 3.32. The van der Waals surface area contributed by atoms with Crippen molar-refractivity contribution in [1.29, 1.82) is 0 Å². The van der Waals surface area contributed by atoms with Gasteiger partial charge in [-0.2, -0.15) is 0 Å². The van der Waals surface area contributed by atoms with E-state index in [-0.39, 0.29) is 16.9 Å². The molecule has 10 nitrogen and oxygen atoms in total. The maximum atomic E-state index is 13.1. The van der Waals surface area contributed by atoms with Gasteiger partial charge in [0, 0.05) is 23.4 Å². The fraction of sp³-hybridized carbons (Fsp3) is 0.0800. The maximum absolute atomic E-state index is 13.1. The van der Waals surface area contributed by atoms with Crippen LogP contribution in [0.1, 0.15) is 26.3 Å². The third-order valence-corrected chi connectivity index (χ3v) is 5.48. The summed E-state index contributed by atoms with van der Waals surface area (Å²) in [5, 5.41) is 16.3. The van der Waals surface area contributed by atoms with Gasteiger partial charge in [0.25, 0.3) is 17.5 Å². The van der Waals surface area contributed by atoms with Gasteiger partial charge in [0.15, 0.2) is 0 Å². The molecule has 0 atom stereocenters. The van der Waals surface area contributed by atoms with Crippen LogP contribution in [0.3, 0.4) is 0 Å². The van der Waals surface area contributed by atoms with Crippen LogP contribution in [-0.2, 0) is 9.53 Å². The SMILES string of the molecule is COC(=O)c1ccc(NC(=O)C(=Cc2cccc([N+](=O)[O-])c2)NC(=O)c2ccc(OC)c(Br)c2)cc1.